The molecule has 0 saturated carbocycles. The highest BCUT2D eigenvalue weighted by Crippen LogP contribution is 2.41. The number of ketones is 1. The first-order chi connectivity index (χ1) is 14.2. The second-order valence-electron chi connectivity index (χ2n) is 9.71. The van der Waals surface area contributed by atoms with Crippen LogP contribution in [0.5, 0.6) is 0 Å². The zero-order valence-electron chi connectivity index (χ0n) is 18.9. The summed E-state index contributed by atoms with van der Waals surface area (Å²) >= 11 is 3.48. The molecule has 0 bridgehead atoms. The van der Waals surface area contributed by atoms with Gasteiger partial charge in [0.05, 0.1) is 16.5 Å². The zero-order valence-corrected chi connectivity index (χ0v) is 21.3. The van der Waals surface area contributed by atoms with Crippen LogP contribution in [0.2, 0.25) is 0 Å². The smallest absolute Gasteiger partial charge is 0.419 e. The van der Waals surface area contributed by atoms with Crippen molar-refractivity contribution < 1.29 is 22.7 Å². The Kier molecular flexibility index (Phi) is 6.46. The van der Waals surface area contributed by atoms with Crippen LogP contribution in [0, 0.1) is 5.92 Å². The third-order valence-corrected chi connectivity index (χ3v) is 8.70. The van der Waals surface area contributed by atoms with E-state index in [2.05, 4.69) is 15.9 Å². The van der Waals surface area contributed by atoms with E-state index in [1.807, 2.05) is 19.9 Å². The molecule has 2 atom stereocenters. The van der Waals surface area contributed by atoms with Crippen molar-refractivity contribution >= 4 is 48.5 Å². The fourth-order valence-corrected chi connectivity index (χ4v) is 7.10. The number of hydrogen-bond donors (Lipinski definition) is 0. The van der Waals surface area contributed by atoms with Crippen molar-refractivity contribution in [2.75, 3.05) is 5.75 Å². The summed E-state index contributed by atoms with van der Waals surface area (Å²) in [5.41, 5.74) is 1.12. The molecule has 1 aromatic heterocycles. The summed E-state index contributed by atoms with van der Waals surface area (Å²) in [5, 5.41) is 0.350. The van der Waals surface area contributed by atoms with Gasteiger partial charge in [-0.1, -0.05) is 29.8 Å². The van der Waals surface area contributed by atoms with Gasteiger partial charge in [-0.05, 0) is 70.1 Å². The minimum absolute atomic E-state index is 0.00604. The van der Waals surface area contributed by atoms with Crippen molar-refractivity contribution in [2.45, 2.75) is 71.2 Å². The Balaban J connectivity index is 2.21. The molecule has 0 amide bonds. The fourth-order valence-electron chi connectivity index (χ4n) is 4.37. The number of carbonyl (C=O) groups excluding carboxylic acids is 2. The lowest BCUT2D eigenvalue weighted by molar-refractivity contribution is 0.0544. The van der Waals surface area contributed by atoms with Gasteiger partial charge in [0.25, 0.3) is 0 Å². The maximum absolute atomic E-state index is 13.0. The number of Topliss-reactive ketones (excluding diaryl/α,β-unsaturated/α-hetero) is 1. The number of fused-ring (bicyclic) bond motifs is 1. The minimum atomic E-state index is -3.14. The molecule has 31 heavy (non-hydrogen) atoms. The van der Waals surface area contributed by atoms with Gasteiger partial charge in [-0.25, -0.2) is 13.2 Å². The average molecular weight is 512 g/mol. The minimum Gasteiger partial charge on any atom is -0.443 e. The second-order valence-corrected chi connectivity index (χ2v) is 13.0. The van der Waals surface area contributed by atoms with Crippen molar-refractivity contribution in [3.8, 4) is 0 Å². The number of aromatic nitrogens is 1. The lowest BCUT2D eigenvalue weighted by Crippen LogP contribution is -2.35. The molecule has 6 nitrogen and oxygen atoms in total. The van der Waals surface area contributed by atoms with E-state index in [1.165, 1.54) is 11.5 Å². The molecule has 0 radical (unpaired) electrons. The highest BCUT2D eigenvalue weighted by molar-refractivity contribution is 9.10. The summed E-state index contributed by atoms with van der Waals surface area (Å²) in [5.74, 6) is -0.0671. The van der Waals surface area contributed by atoms with Gasteiger partial charge in [0.2, 0.25) is 0 Å². The van der Waals surface area contributed by atoms with E-state index in [0.717, 1.165) is 15.4 Å². The third kappa shape index (κ3) is 4.90. The molecule has 1 aliphatic rings. The molecule has 0 aliphatic carbocycles. The summed E-state index contributed by atoms with van der Waals surface area (Å²) in [7, 11) is -3.14. The topological polar surface area (TPSA) is 82.4 Å². The van der Waals surface area contributed by atoms with Gasteiger partial charge in [0.15, 0.2) is 15.6 Å². The van der Waals surface area contributed by atoms with Crippen LogP contribution in [0.15, 0.2) is 22.8 Å². The molecule has 1 aliphatic heterocycles. The van der Waals surface area contributed by atoms with Gasteiger partial charge >= 0.3 is 6.09 Å². The highest BCUT2D eigenvalue weighted by atomic mass is 79.9. The molecule has 1 aromatic carbocycles. The Hall–Kier alpha value is -1.67. The van der Waals surface area contributed by atoms with E-state index in [9.17, 15) is 18.0 Å². The summed E-state index contributed by atoms with van der Waals surface area (Å²) in [6.45, 7) is 10.7. The molecule has 170 valence electrons. The van der Waals surface area contributed by atoms with Gasteiger partial charge in [-0.15, -0.1) is 0 Å². The molecular weight excluding hydrogens is 482 g/mol. The predicted octanol–water partition coefficient (Wildman–Crippen LogP) is 5.71. The Bertz CT molecular complexity index is 1140. The number of carbonyl (C=O) groups is 2. The molecule has 8 heteroatoms. The van der Waals surface area contributed by atoms with Crippen molar-refractivity contribution in [2.24, 2.45) is 5.92 Å². The first-order valence-electron chi connectivity index (χ1n) is 10.5. The van der Waals surface area contributed by atoms with Crippen molar-refractivity contribution in [3.05, 3.63) is 33.9 Å². The van der Waals surface area contributed by atoms with Gasteiger partial charge in [-0.2, -0.15) is 0 Å². The number of nitrogens with zero attached hydrogens (tertiary/aromatic N) is 1. The lowest BCUT2D eigenvalue weighted by atomic mass is 9.88. The van der Waals surface area contributed by atoms with Crippen LogP contribution in [0.25, 0.3) is 10.9 Å². The summed E-state index contributed by atoms with van der Waals surface area (Å²) in [4.78, 5) is 25.4. The van der Waals surface area contributed by atoms with Gasteiger partial charge in [-0.3, -0.25) is 9.36 Å². The van der Waals surface area contributed by atoms with Crippen LogP contribution in [-0.2, 0) is 14.6 Å². The first kappa shape index (κ1) is 24.0. The quantitative estimate of drug-likeness (QED) is 0.493. The molecule has 1 saturated heterocycles. The van der Waals surface area contributed by atoms with Gasteiger partial charge in [0.1, 0.15) is 5.60 Å². The molecule has 2 aromatic rings. The van der Waals surface area contributed by atoms with E-state index in [1.54, 1.807) is 33.0 Å². The number of halogens is 1. The van der Waals surface area contributed by atoms with Crippen LogP contribution in [0.4, 0.5) is 4.79 Å². The van der Waals surface area contributed by atoms with Crippen LogP contribution in [0.3, 0.4) is 0 Å². The Morgan fingerprint density at radius 2 is 1.87 bits per heavy atom. The maximum atomic E-state index is 13.0. The molecule has 2 unspecified atom stereocenters. The molecule has 3 rings (SSSR count). The SMILES string of the molecule is CC(=O)c1cc(Br)cc2c(C3CCS(=O)(=O)C(C(C)C)C3)cn(C(=O)OC(C)(C)C)c12. The van der Waals surface area contributed by atoms with Crippen molar-refractivity contribution in [3.63, 3.8) is 0 Å². The van der Waals surface area contributed by atoms with E-state index in [4.69, 9.17) is 4.74 Å². The standard InChI is InChI=1S/C23H30BrNO5S/c1-13(2)20-9-15(7-8-31(20,28)29)19-12-25(22(27)30-23(4,5)6)21-17(14(3)26)10-16(24)11-18(19)21/h10-13,15,20H,7-9H2,1-6H3. The van der Waals surface area contributed by atoms with E-state index < -0.39 is 26.8 Å². The molecule has 2 heterocycles. The van der Waals surface area contributed by atoms with Crippen LogP contribution >= 0.6 is 15.9 Å². The lowest BCUT2D eigenvalue weighted by Gasteiger charge is -2.31. The van der Waals surface area contributed by atoms with E-state index in [0.29, 0.717) is 23.9 Å². The van der Waals surface area contributed by atoms with E-state index >= 15 is 0 Å². The number of ether oxygens (including phenoxy) is 1. The second kappa shape index (κ2) is 8.35. The summed E-state index contributed by atoms with van der Waals surface area (Å²) < 4.78 is 32.9. The van der Waals surface area contributed by atoms with Crippen LogP contribution in [0.1, 0.15) is 76.2 Å². The number of hydrogen-bond acceptors (Lipinski definition) is 5. The number of benzene rings is 1. The van der Waals surface area contributed by atoms with Crippen molar-refractivity contribution in [1.29, 1.82) is 0 Å². The monoisotopic (exact) mass is 511 g/mol. The largest absolute Gasteiger partial charge is 0.443 e. The molecular formula is C23H30BrNO5S. The Morgan fingerprint density at radius 1 is 1.23 bits per heavy atom. The first-order valence-corrected chi connectivity index (χ1v) is 13.0. The van der Waals surface area contributed by atoms with Gasteiger partial charge in [0, 0.05) is 21.6 Å². The molecule has 0 spiro atoms. The Labute approximate surface area is 192 Å². The Morgan fingerprint density at radius 3 is 2.42 bits per heavy atom. The fraction of sp³-hybridized carbons (Fsp3) is 0.565. The average Bonchev–Trinajstić information content (AvgIpc) is 2.98. The summed E-state index contributed by atoms with van der Waals surface area (Å²) in [6, 6.07) is 3.60. The number of sulfone groups is 1. The summed E-state index contributed by atoms with van der Waals surface area (Å²) in [6.07, 6.45) is 2.16. The van der Waals surface area contributed by atoms with Gasteiger partial charge < -0.3 is 4.74 Å². The molecule has 0 N–H and O–H groups in total. The normalized spacial score (nSPS) is 21.4. The highest BCUT2D eigenvalue weighted by Gasteiger charge is 2.38. The maximum Gasteiger partial charge on any atom is 0.419 e. The van der Waals surface area contributed by atoms with Crippen LogP contribution < -0.4 is 0 Å². The third-order valence-electron chi connectivity index (χ3n) is 5.78. The van der Waals surface area contributed by atoms with E-state index in [-0.39, 0.29) is 23.4 Å². The zero-order chi connectivity index (χ0) is 23.3. The van der Waals surface area contributed by atoms with Crippen molar-refractivity contribution in [1.82, 2.24) is 4.57 Å². The van der Waals surface area contributed by atoms with Crippen LogP contribution in [-0.4, -0.2) is 41.5 Å². The predicted molar refractivity (Wildman–Crippen MR) is 126 cm³/mol. The molecule has 1 fully saturated rings. The number of rotatable bonds is 3.